The molecule has 1 aliphatic carbocycles. The maximum absolute atomic E-state index is 4.47. The van der Waals surface area contributed by atoms with Gasteiger partial charge in [0.25, 0.3) is 0 Å². The van der Waals surface area contributed by atoms with E-state index in [1.54, 1.807) is 0 Å². The van der Waals surface area contributed by atoms with Crippen LogP contribution in [0.25, 0.3) is 0 Å². The SMILES string of the molecule is CCCC(C)(CNC1CC1)CN(CC)Cc1ccccn1. The van der Waals surface area contributed by atoms with Crippen LogP contribution >= 0.6 is 0 Å². The zero-order valence-corrected chi connectivity index (χ0v) is 13.9. The Morgan fingerprint density at radius 2 is 2.14 bits per heavy atom. The Hall–Kier alpha value is -0.930. The van der Waals surface area contributed by atoms with Crippen molar-refractivity contribution in [2.24, 2.45) is 5.41 Å². The molecule has 0 aliphatic heterocycles. The first kappa shape index (κ1) is 16.4. The fourth-order valence-corrected chi connectivity index (χ4v) is 3.05. The van der Waals surface area contributed by atoms with Gasteiger partial charge in [0, 0.05) is 31.9 Å². The van der Waals surface area contributed by atoms with Gasteiger partial charge in [-0.25, -0.2) is 0 Å². The third kappa shape index (κ3) is 5.76. The van der Waals surface area contributed by atoms with Gasteiger partial charge in [0.05, 0.1) is 5.69 Å². The Morgan fingerprint density at radius 1 is 1.33 bits per heavy atom. The van der Waals surface area contributed by atoms with Gasteiger partial charge >= 0.3 is 0 Å². The summed E-state index contributed by atoms with van der Waals surface area (Å²) >= 11 is 0. The number of hydrogen-bond acceptors (Lipinski definition) is 3. The van der Waals surface area contributed by atoms with Gasteiger partial charge in [-0.3, -0.25) is 9.88 Å². The molecule has 0 aromatic carbocycles. The van der Waals surface area contributed by atoms with Crippen LogP contribution in [0.4, 0.5) is 0 Å². The van der Waals surface area contributed by atoms with Crippen LogP contribution in [-0.4, -0.2) is 35.6 Å². The molecule has 1 aliphatic rings. The Bertz CT molecular complexity index is 402. The van der Waals surface area contributed by atoms with Gasteiger partial charge in [-0.2, -0.15) is 0 Å². The van der Waals surface area contributed by atoms with E-state index in [0.29, 0.717) is 5.41 Å². The van der Waals surface area contributed by atoms with E-state index in [1.165, 1.54) is 31.4 Å². The van der Waals surface area contributed by atoms with E-state index >= 15 is 0 Å². The van der Waals surface area contributed by atoms with Crippen LogP contribution in [0.3, 0.4) is 0 Å². The summed E-state index contributed by atoms with van der Waals surface area (Å²) in [4.78, 5) is 7.00. The molecule has 0 spiro atoms. The lowest BCUT2D eigenvalue weighted by Gasteiger charge is -2.35. The van der Waals surface area contributed by atoms with E-state index in [4.69, 9.17) is 0 Å². The fourth-order valence-electron chi connectivity index (χ4n) is 3.05. The number of pyridine rings is 1. The van der Waals surface area contributed by atoms with Crippen molar-refractivity contribution in [2.75, 3.05) is 19.6 Å². The summed E-state index contributed by atoms with van der Waals surface area (Å²) in [6.07, 6.45) is 7.17. The van der Waals surface area contributed by atoms with Crippen LogP contribution < -0.4 is 5.32 Å². The largest absolute Gasteiger partial charge is 0.313 e. The summed E-state index contributed by atoms with van der Waals surface area (Å²) < 4.78 is 0. The lowest BCUT2D eigenvalue weighted by atomic mass is 9.84. The molecule has 2 rings (SSSR count). The van der Waals surface area contributed by atoms with Gasteiger partial charge in [-0.15, -0.1) is 0 Å². The van der Waals surface area contributed by atoms with E-state index < -0.39 is 0 Å². The minimum atomic E-state index is 0.363. The van der Waals surface area contributed by atoms with Crippen molar-refractivity contribution in [1.82, 2.24) is 15.2 Å². The van der Waals surface area contributed by atoms with E-state index in [0.717, 1.165) is 32.2 Å². The third-order valence-corrected chi connectivity index (χ3v) is 4.41. The van der Waals surface area contributed by atoms with E-state index in [9.17, 15) is 0 Å². The molecule has 118 valence electrons. The monoisotopic (exact) mass is 289 g/mol. The van der Waals surface area contributed by atoms with Gasteiger partial charge in [0.1, 0.15) is 0 Å². The Labute approximate surface area is 130 Å². The van der Waals surface area contributed by atoms with Crippen LogP contribution in [0.2, 0.25) is 0 Å². The van der Waals surface area contributed by atoms with E-state index in [1.807, 2.05) is 12.3 Å². The van der Waals surface area contributed by atoms with Crippen LogP contribution in [0.1, 0.15) is 52.1 Å². The molecule has 3 nitrogen and oxygen atoms in total. The summed E-state index contributed by atoms with van der Waals surface area (Å²) in [5.74, 6) is 0. The van der Waals surface area contributed by atoms with Crippen LogP contribution in [-0.2, 0) is 6.54 Å². The van der Waals surface area contributed by atoms with Gasteiger partial charge in [0.2, 0.25) is 0 Å². The second-order valence-electron chi connectivity index (χ2n) is 6.84. The summed E-state index contributed by atoms with van der Waals surface area (Å²) in [5, 5.41) is 3.73. The predicted octanol–water partition coefficient (Wildman–Crippen LogP) is 3.46. The minimum Gasteiger partial charge on any atom is -0.313 e. The molecule has 1 heterocycles. The lowest BCUT2D eigenvalue weighted by molar-refractivity contribution is 0.147. The molecular weight excluding hydrogens is 258 g/mol. The maximum Gasteiger partial charge on any atom is 0.0543 e. The predicted molar refractivity (Wildman–Crippen MR) is 89.2 cm³/mol. The highest BCUT2D eigenvalue weighted by Gasteiger charge is 2.29. The summed E-state index contributed by atoms with van der Waals surface area (Å²) in [5.41, 5.74) is 1.54. The molecule has 1 unspecified atom stereocenters. The zero-order valence-electron chi connectivity index (χ0n) is 13.9. The van der Waals surface area contributed by atoms with Crippen molar-refractivity contribution < 1.29 is 0 Å². The molecule has 0 bridgehead atoms. The molecule has 1 aromatic rings. The summed E-state index contributed by atoms with van der Waals surface area (Å²) in [6, 6.07) is 6.99. The molecule has 1 N–H and O–H groups in total. The van der Waals surface area contributed by atoms with Crippen LogP contribution in [0, 0.1) is 5.41 Å². The van der Waals surface area contributed by atoms with Crippen LogP contribution in [0.5, 0.6) is 0 Å². The first-order valence-corrected chi connectivity index (χ1v) is 8.51. The first-order chi connectivity index (χ1) is 10.1. The molecule has 0 radical (unpaired) electrons. The molecular formula is C18H31N3. The molecule has 0 saturated heterocycles. The topological polar surface area (TPSA) is 28.2 Å². The average Bonchev–Trinajstić information content (AvgIpc) is 3.30. The standard InChI is InChI=1S/C18H31N3/c1-4-11-18(3,14-20-16-9-10-16)15-21(5-2)13-17-8-6-7-12-19-17/h6-8,12,16,20H,4-5,9-11,13-15H2,1-3H3. The lowest BCUT2D eigenvalue weighted by Crippen LogP contribution is -2.42. The molecule has 1 fully saturated rings. The highest BCUT2D eigenvalue weighted by molar-refractivity contribution is 5.03. The quantitative estimate of drug-likeness (QED) is 0.715. The fraction of sp³-hybridized carbons (Fsp3) is 0.722. The molecule has 3 heteroatoms. The van der Waals surface area contributed by atoms with Crippen molar-refractivity contribution in [3.8, 4) is 0 Å². The van der Waals surface area contributed by atoms with Crippen LogP contribution in [0.15, 0.2) is 24.4 Å². The second-order valence-corrected chi connectivity index (χ2v) is 6.84. The Balaban J connectivity index is 1.91. The Kier molecular flexibility index (Phi) is 6.19. The van der Waals surface area contributed by atoms with Crippen molar-refractivity contribution in [2.45, 2.75) is 59.0 Å². The smallest absolute Gasteiger partial charge is 0.0543 e. The van der Waals surface area contributed by atoms with Crippen molar-refractivity contribution in [1.29, 1.82) is 0 Å². The highest BCUT2D eigenvalue weighted by Crippen LogP contribution is 2.27. The number of nitrogens with one attached hydrogen (secondary N) is 1. The summed E-state index contributed by atoms with van der Waals surface area (Å²) in [6.45, 7) is 11.3. The number of rotatable bonds is 10. The second kappa shape index (κ2) is 7.90. The first-order valence-electron chi connectivity index (χ1n) is 8.51. The van der Waals surface area contributed by atoms with E-state index in [2.05, 4.69) is 48.1 Å². The minimum absolute atomic E-state index is 0.363. The summed E-state index contributed by atoms with van der Waals surface area (Å²) in [7, 11) is 0. The average molecular weight is 289 g/mol. The van der Waals surface area contributed by atoms with Crippen molar-refractivity contribution >= 4 is 0 Å². The van der Waals surface area contributed by atoms with Gasteiger partial charge in [-0.05, 0) is 43.4 Å². The molecule has 0 amide bonds. The maximum atomic E-state index is 4.47. The Morgan fingerprint density at radius 3 is 2.71 bits per heavy atom. The molecule has 1 aromatic heterocycles. The van der Waals surface area contributed by atoms with E-state index in [-0.39, 0.29) is 0 Å². The number of hydrogen-bond donors (Lipinski definition) is 1. The van der Waals surface area contributed by atoms with Gasteiger partial charge < -0.3 is 5.32 Å². The van der Waals surface area contributed by atoms with Gasteiger partial charge in [0.15, 0.2) is 0 Å². The zero-order chi connectivity index (χ0) is 15.1. The van der Waals surface area contributed by atoms with Crippen molar-refractivity contribution in [3.63, 3.8) is 0 Å². The highest BCUT2D eigenvalue weighted by atomic mass is 15.1. The normalized spacial score (nSPS) is 17.9. The van der Waals surface area contributed by atoms with Crippen molar-refractivity contribution in [3.05, 3.63) is 30.1 Å². The third-order valence-electron chi connectivity index (χ3n) is 4.41. The molecule has 1 atom stereocenters. The number of aromatic nitrogens is 1. The molecule has 21 heavy (non-hydrogen) atoms. The number of nitrogens with zero attached hydrogens (tertiary/aromatic N) is 2. The molecule has 1 saturated carbocycles. The van der Waals surface area contributed by atoms with Gasteiger partial charge in [-0.1, -0.05) is 33.3 Å².